The van der Waals surface area contributed by atoms with Gasteiger partial charge in [-0.05, 0) is 32.1 Å². The Morgan fingerprint density at radius 1 is 0.893 bits per heavy atom. The number of nitrogens with zero attached hydrogens (tertiary/aromatic N) is 1. The van der Waals surface area contributed by atoms with Gasteiger partial charge in [0.25, 0.3) is 5.69 Å². The molecule has 0 aliphatic carbocycles. The number of Topliss-reactive ketones (excluding diaryl/α,β-unsaturated/α-hetero) is 1. The molecule has 0 N–H and O–H groups in total. The summed E-state index contributed by atoms with van der Waals surface area (Å²) in [7, 11) is 0. The van der Waals surface area contributed by atoms with Crippen LogP contribution in [0.5, 0.6) is 0 Å². The molecule has 0 atom stereocenters. The van der Waals surface area contributed by atoms with Crippen molar-refractivity contribution in [3.63, 3.8) is 0 Å². The molecule has 0 spiro atoms. The van der Waals surface area contributed by atoms with Crippen LogP contribution in [0.3, 0.4) is 0 Å². The molecule has 4 heteroatoms. The van der Waals surface area contributed by atoms with Crippen molar-refractivity contribution in [1.29, 1.82) is 0 Å². The molecule has 0 aliphatic rings. The summed E-state index contributed by atoms with van der Waals surface area (Å²) >= 11 is 0. The highest BCUT2D eigenvalue weighted by Crippen LogP contribution is 2.16. The van der Waals surface area contributed by atoms with Gasteiger partial charge < -0.3 is 0 Å². The average Bonchev–Trinajstić information content (AvgIpc) is 2.70. The van der Waals surface area contributed by atoms with Crippen molar-refractivity contribution in [2.75, 3.05) is 0 Å². The van der Waals surface area contributed by atoms with Gasteiger partial charge in [-0.25, -0.2) is 0 Å². The van der Waals surface area contributed by atoms with Crippen LogP contribution in [-0.2, 0) is 0 Å². The first-order valence-corrected chi connectivity index (χ1v) is 11.1. The number of nitro benzene ring substituents is 1. The molecule has 1 aromatic carbocycles. The van der Waals surface area contributed by atoms with Crippen molar-refractivity contribution >= 4 is 11.5 Å². The molecule has 0 aromatic heterocycles. The van der Waals surface area contributed by atoms with Crippen LogP contribution in [0.4, 0.5) is 5.69 Å². The Morgan fingerprint density at radius 3 is 2.07 bits per heavy atom. The van der Waals surface area contributed by atoms with Crippen LogP contribution in [0.1, 0.15) is 107 Å². The van der Waals surface area contributed by atoms with Crippen LogP contribution in [0.2, 0.25) is 0 Å². The Morgan fingerprint density at radius 2 is 1.46 bits per heavy atom. The Bertz CT molecular complexity index is 595. The number of benzene rings is 1. The largest absolute Gasteiger partial charge is 0.294 e. The molecule has 0 radical (unpaired) electrons. The van der Waals surface area contributed by atoms with Gasteiger partial charge in [0.1, 0.15) is 0 Å². The Balaban J connectivity index is 1.97. The second-order valence-electron chi connectivity index (χ2n) is 7.56. The molecule has 0 bridgehead atoms. The highest BCUT2D eigenvalue weighted by Gasteiger charge is 2.10. The molecule has 156 valence electrons. The van der Waals surface area contributed by atoms with Crippen molar-refractivity contribution < 1.29 is 9.72 Å². The molecule has 1 aromatic rings. The number of nitro groups is 1. The fraction of sp³-hybridized carbons (Fsp3) is 0.625. The van der Waals surface area contributed by atoms with Gasteiger partial charge in [-0.15, -0.1) is 0 Å². The fourth-order valence-electron chi connectivity index (χ4n) is 3.29. The van der Waals surface area contributed by atoms with Gasteiger partial charge in [0.05, 0.1) is 4.92 Å². The van der Waals surface area contributed by atoms with E-state index in [4.69, 9.17) is 0 Å². The SMILES string of the molecule is CCCCCCCC/C=C\CCCCCCCC(=O)c1cccc([N+](=O)[O-])c1. The van der Waals surface area contributed by atoms with Gasteiger partial charge in [-0.3, -0.25) is 14.9 Å². The van der Waals surface area contributed by atoms with Crippen LogP contribution in [0.15, 0.2) is 36.4 Å². The lowest BCUT2D eigenvalue weighted by atomic mass is 10.0. The zero-order valence-corrected chi connectivity index (χ0v) is 17.5. The molecule has 0 heterocycles. The topological polar surface area (TPSA) is 60.2 Å². The molecule has 1 rings (SSSR count). The minimum absolute atomic E-state index is 0.00123. The van der Waals surface area contributed by atoms with E-state index < -0.39 is 4.92 Å². The third-order valence-corrected chi connectivity index (χ3v) is 5.04. The van der Waals surface area contributed by atoms with Crippen LogP contribution < -0.4 is 0 Å². The zero-order valence-electron chi connectivity index (χ0n) is 17.5. The Hall–Kier alpha value is -1.97. The van der Waals surface area contributed by atoms with E-state index in [1.807, 2.05) is 0 Å². The Kier molecular flexibility index (Phi) is 13.8. The number of rotatable bonds is 17. The lowest BCUT2D eigenvalue weighted by Gasteiger charge is -2.02. The normalized spacial score (nSPS) is 11.2. The first-order chi connectivity index (χ1) is 13.6. The number of carbonyl (C=O) groups is 1. The average molecular weight is 388 g/mol. The van der Waals surface area contributed by atoms with E-state index in [0.29, 0.717) is 12.0 Å². The fourth-order valence-corrected chi connectivity index (χ4v) is 3.29. The van der Waals surface area contributed by atoms with E-state index in [-0.39, 0.29) is 11.5 Å². The molecule has 0 unspecified atom stereocenters. The minimum Gasteiger partial charge on any atom is -0.294 e. The summed E-state index contributed by atoms with van der Waals surface area (Å²) in [6, 6.07) is 6.02. The maximum absolute atomic E-state index is 12.1. The summed E-state index contributed by atoms with van der Waals surface area (Å²) in [6.45, 7) is 2.25. The lowest BCUT2D eigenvalue weighted by Crippen LogP contribution is -2.00. The van der Waals surface area contributed by atoms with Crippen LogP contribution in [0.25, 0.3) is 0 Å². The standard InChI is InChI=1S/C24H37NO3/c1-2-3-4-5-6-7-8-9-10-11-12-13-14-15-16-20-24(26)22-18-17-19-23(21-22)25(27)28/h9-10,17-19,21H,2-8,11-16,20H2,1H3/b10-9-. The van der Waals surface area contributed by atoms with E-state index in [2.05, 4.69) is 19.1 Å². The van der Waals surface area contributed by atoms with E-state index in [0.717, 1.165) is 25.7 Å². The second-order valence-corrected chi connectivity index (χ2v) is 7.56. The number of hydrogen-bond acceptors (Lipinski definition) is 3. The second kappa shape index (κ2) is 16.0. The molecule has 0 fully saturated rings. The molecule has 0 amide bonds. The van der Waals surface area contributed by atoms with E-state index in [1.165, 1.54) is 69.9 Å². The Labute approximate surface area is 170 Å². The van der Waals surface area contributed by atoms with E-state index in [9.17, 15) is 14.9 Å². The molecule has 28 heavy (non-hydrogen) atoms. The van der Waals surface area contributed by atoms with Gasteiger partial charge in [0.2, 0.25) is 0 Å². The smallest absolute Gasteiger partial charge is 0.270 e. The van der Waals surface area contributed by atoms with Crippen LogP contribution >= 0.6 is 0 Å². The molecule has 0 saturated carbocycles. The first-order valence-electron chi connectivity index (χ1n) is 11.1. The minimum atomic E-state index is -0.459. The quantitative estimate of drug-likeness (QED) is 0.0900. The van der Waals surface area contributed by atoms with Crippen molar-refractivity contribution in [2.24, 2.45) is 0 Å². The van der Waals surface area contributed by atoms with Crippen molar-refractivity contribution in [3.05, 3.63) is 52.1 Å². The number of ketones is 1. The van der Waals surface area contributed by atoms with E-state index >= 15 is 0 Å². The predicted octanol–water partition coefficient (Wildman–Crippen LogP) is 7.82. The summed E-state index contributed by atoms with van der Waals surface area (Å²) in [6.07, 6.45) is 21.1. The monoisotopic (exact) mass is 387 g/mol. The third kappa shape index (κ3) is 11.7. The summed E-state index contributed by atoms with van der Waals surface area (Å²) in [5.41, 5.74) is 0.431. The first kappa shape index (κ1) is 24.1. The van der Waals surface area contributed by atoms with Crippen molar-refractivity contribution in [2.45, 2.75) is 96.8 Å². The summed E-state index contributed by atoms with van der Waals surface area (Å²) in [4.78, 5) is 22.4. The van der Waals surface area contributed by atoms with E-state index in [1.54, 1.807) is 12.1 Å². The van der Waals surface area contributed by atoms with Gasteiger partial charge in [0.15, 0.2) is 5.78 Å². The number of non-ortho nitro benzene ring substituents is 1. The summed E-state index contributed by atoms with van der Waals surface area (Å²) in [5.74, 6) is 0.00123. The van der Waals surface area contributed by atoms with Gasteiger partial charge in [-0.2, -0.15) is 0 Å². The summed E-state index contributed by atoms with van der Waals surface area (Å²) in [5, 5.41) is 10.8. The molecular weight excluding hydrogens is 350 g/mol. The third-order valence-electron chi connectivity index (χ3n) is 5.04. The van der Waals surface area contributed by atoms with Gasteiger partial charge >= 0.3 is 0 Å². The highest BCUT2D eigenvalue weighted by atomic mass is 16.6. The molecule has 0 aliphatic heterocycles. The van der Waals surface area contributed by atoms with Gasteiger partial charge in [-0.1, -0.05) is 82.6 Å². The van der Waals surface area contributed by atoms with Gasteiger partial charge in [0, 0.05) is 24.1 Å². The molecular formula is C24H37NO3. The van der Waals surface area contributed by atoms with Crippen LogP contribution in [0, 0.1) is 10.1 Å². The maximum atomic E-state index is 12.1. The molecule has 4 nitrogen and oxygen atoms in total. The maximum Gasteiger partial charge on any atom is 0.270 e. The number of allylic oxidation sites excluding steroid dienone is 2. The molecule has 0 saturated heterocycles. The van der Waals surface area contributed by atoms with Crippen LogP contribution in [-0.4, -0.2) is 10.7 Å². The van der Waals surface area contributed by atoms with Crippen molar-refractivity contribution in [1.82, 2.24) is 0 Å². The lowest BCUT2D eigenvalue weighted by molar-refractivity contribution is -0.384. The highest BCUT2D eigenvalue weighted by molar-refractivity contribution is 5.96. The van der Waals surface area contributed by atoms with Crippen molar-refractivity contribution in [3.8, 4) is 0 Å². The number of carbonyl (C=O) groups excluding carboxylic acids is 1. The predicted molar refractivity (Wildman–Crippen MR) is 117 cm³/mol. The summed E-state index contributed by atoms with van der Waals surface area (Å²) < 4.78 is 0. The zero-order chi connectivity index (χ0) is 20.5. The number of unbranched alkanes of at least 4 members (excludes halogenated alkanes) is 11. The number of hydrogen-bond donors (Lipinski definition) is 0.